The van der Waals surface area contributed by atoms with Crippen LogP contribution in [0.3, 0.4) is 0 Å². The number of carbonyl (C=O) groups is 2. The molecule has 2 unspecified atom stereocenters. The summed E-state index contributed by atoms with van der Waals surface area (Å²) in [4.78, 5) is 29.1. The minimum absolute atomic E-state index is 0.230. The number of benzene rings is 3. The zero-order chi connectivity index (χ0) is 28.4. The number of carbonyl (C=O) groups excluding carboxylic acids is 2. The molecule has 0 aromatic heterocycles. The van der Waals surface area contributed by atoms with Gasteiger partial charge in [-0.15, -0.1) is 0 Å². The number of phenolic OH excluding ortho intramolecular Hbond substituents is 1. The number of hydrogen-bond donors (Lipinski definition) is 2. The molecular weight excluding hydrogens is 528 g/mol. The molecule has 3 aromatic rings. The maximum atomic E-state index is 11.9. The molecule has 1 saturated heterocycles. The lowest BCUT2D eigenvalue weighted by atomic mass is 9.86. The molecule has 0 aliphatic carbocycles. The van der Waals surface area contributed by atoms with Gasteiger partial charge in [-0.2, -0.15) is 0 Å². The fourth-order valence-corrected chi connectivity index (χ4v) is 5.78. The minimum atomic E-state index is -0.750. The van der Waals surface area contributed by atoms with Gasteiger partial charge in [0.2, 0.25) is 5.91 Å². The first-order valence-corrected chi connectivity index (χ1v) is 14.0. The van der Waals surface area contributed by atoms with Gasteiger partial charge in [-0.25, -0.2) is 0 Å². The molecule has 2 N–H and O–H groups in total. The first-order chi connectivity index (χ1) is 19.1. The molecule has 0 spiro atoms. The van der Waals surface area contributed by atoms with Gasteiger partial charge in [-0.1, -0.05) is 59.4 Å². The Balaban J connectivity index is 1.33. The molecule has 2 heterocycles. The molecule has 2 aliphatic rings. The fourth-order valence-electron chi connectivity index (χ4n) is 4.92. The summed E-state index contributed by atoms with van der Waals surface area (Å²) in [7, 11) is 0. The number of phenols is 1. The van der Waals surface area contributed by atoms with E-state index in [1.54, 1.807) is 0 Å². The number of nitrogens with zero attached hydrogens (tertiary/aromatic N) is 1. The van der Waals surface area contributed by atoms with Gasteiger partial charge < -0.3 is 19.4 Å². The third-order valence-electron chi connectivity index (χ3n) is 7.30. The molecule has 0 radical (unpaired) electrons. The predicted octanol–water partition coefficient (Wildman–Crippen LogP) is 5.75. The van der Waals surface area contributed by atoms with Gasteiger partial charge in [-0.3, -0.25) is 14.9 Å². The highest BCUT2D eigenvalue weighted by molar-refractivity contribution is 8.15. The van der Waals surface area contributed by atoms with Crippen LogP contribution in [0.15, 0.2) is 59.8 Å². The van der Waals surface area contributed by atoms with Gasteiger partial charge in [0, 0.05) is 17.5 Å². The highest BCUT2D eigenvalue weighted by Gasteiger charge is 2.40. The summed E-state index contributed by atoms with van der Waals surface area (Å²) in [6.07, 6.45) is 0.880. The normalized spacial score (nSPS) is 21.1. The highest BCUT2D eigenvalue weighted by atomic mass is 32.2. The van der Waals surface area contributed by atoms with Crippen LogP contribution in [0, 0.1) is 20.8 Å². The number of aromatic hydroxyl groups is 1. The average molecular weight is 561 g/mol. The minimum Gasteiger partial charge on any atom is -0.507 e. The maximum Gasteiger partial charge on any atom is 0.286 e. The Bertz CT molecular complexity index is 1470. The molecule has 2 atom stereocenters. The Morgan fingerprint density at radius 3 is 2.42 bits per heavy atom. The van der Waals surface area contributed by atoms with Gasteiger partial charge in [0.05, 0.1) is 11.0 Å². The Labute approximate surface area is 237 Å². The third kappa shape index (κ3) is 5.79. The number of fused-ring (bicyclic) bond motifs is 1. The number of imide groups is 1. The van der Waals surface area contributed by atoms with Gasteiger partial charge in [-0.05, 0) is 68.5 Å². The van der Waals surface area contributed by atoms with Gasteiger partial charge in [0.1, 0.15) is 36.1 Å². The van der Waals surface area contributed by atoms with Crippen LogP contribution in [-0.2, 0) is 22.7 Å². The van der Waals surface area contributed by atoms with E-state index in [0.29, 0.717) is 42.2 Å². The quantitative estimate of drug-likeness (QED) is 0.338. The summed E-state index contributed by atoms with van der Waals surface area (Å²) in [5.41, 5.74) is 4.95. The highest BCUT2D eigenvalue weighted by Crippen LogP contribution is 2.43. The van der Waals surface area contributed by atoms with E-state index in [0.717, 1.165) is 39.6 Å². The SMILES string of the molecule is Cc1c(C)c2c(c(C)c1O)C(=NOCc1ccccc1)CC(C)(COc1ccc(CC3SC(=O)NC3=O)cc1)O2. The van der Waals surface area contributed by atoms with Crippen molar-refractivity contribution in [3.05, 3.63) is 88.0 Å². The Hall–Kier alpha value is -3.98. The topological polar surface area (TPSA) is 106 Å². The second-order valence-corrected chi connectivity index (χ2v) is 11.6. The smallest absolute Gasteiger partial charge is 0.286 e. The summed E-state index contributed by atoms with van der Waals surface area (Å²) < 4.78 is 12.7. The molecular formula is C31H32N2O6S. The summed E-state index contributed by atoms with van der Waals surface area (Å²) in [6, 6.07) is 17.3. The van der Waals surface area contributed by atoms with Crippen molar-refractivity contribution in [3.63, 3.8) is 0 Å². The van der Waals surface area contributed by atoms with Crippen molar-refractivity contribution < 1.29 is 29.0 Å². The second-order valence-electron chi connectivity index (χ2n) is 10.5. The second kappa shape index (κ2) is 11.3. The van der Waals surface area contributed by atoms with E-state index >= 15 is 0 Å². The van der Waals surface area contributed by atoms with E-state index in [-0.39, 0.29) is 23.5 Å². The molecule has 5 rings (SSSR count). The first-order valence-electron chi connectivity index (χ1n) is 13.1. The number of hydrogen-bond acceptors (Lipinski definition) is 8. The van der Waals surface area contributed by atoms with E-state index in [4.69, 9.17) is 14.3 Å². The van der Waals surface area contributed by atoms with Crippen LogP contribution in [-0.4, -0.2) is 39.4 Å². The van der Waals surface area contributed by atoms with Crippen LogP contribution in [0.25, 0.3) is 0 Å². The standard InChI is InChI=1S/C31H32N2O6S/c1-18-19(2)28-26(20(3)27(18)34)24(33-38-16-22-8-6-5-7-9-22)15-31(4,39-28)17-37-23-12-10-21(11-13-23)14-25-29(35)32-30(36)40-25/h5-13,25,34H,14-17H2,1-4H3,(H,32,35,36). The number of oxime groups is 1. The van der Waals surface area contributed by atoms with E-state index in [1.165, 1.54) is 0 Å². The number of amides is 2. The lowest BCUT2D eigenvalue weighted by molar-refractivity contribution is -0.118. The summed E-state index contributed by atoms with van der Waals surface area (Å²) in [5, 5.41) is 16.9. The number of nitrogens with one attached hydrogen (secondary N) is 1. The molecule has 40 heavy (non-hydrogen) atoms. The van der Waals surface area contributed by atoms with Crippen LogP contribution in [0.2, 0.25) is 0 Å². The third-order valence-corrected chi connectivity index (χ3v) is 8.28. The van der Waals surface area contributed by atoms with Crippen LogP contribution >= 0.6 is 11.8 Å². The van der Waals surface area contributed by atoms with E-state index in [9.17, 15) is 14.7 Å². The Morgan fingerprint density at radius 2 is 1.75 bits per heavy atom. The van der Waals surface area contributed by atoms with Crippen molar-refractivity contribution in [2.45, 2.75) is 58.0 Å². The molecule has 0 saturated carbocycles. The van der Waals surface area contributed by atoms with E-state index < -0.39 is 10.9 Å². The predicted molar refractivity (Wildman–Crippen MR) is 154 cm³/mol. The first kappa shape index (κ1) is 27.6. The summed E-state index contributed by atoms with van der Waals surface area (Å²) in [6.45, 7) is 8.21. The Morgan fingerprint density at radius 1 is 1.02 bits per heavy atom. The van der Waals surface area contributed by atoms with E-state index in [1.807, 2.05) is 82.3 Å². The maximum absolute atomic E-state index is 11.9. The summed E-state index contributed by atoms with van der Waals surface area (Å²) in [5.74, 6) is 1.31. The van der Waals surface area contributed by atoms with Gasteiger partial charge in [0.15, 0.2) is 0 Å². The fraction of sp³-hybridized carbons (Fsp3) is 0.323. The summed E-state index contributed by atoms with van der Waals surface area (Å²) >= 11 is 1.02. The molecule has 8 nitrogen and oxygen atoms in total. The lowest BCUT2D eigenvalue weighted by Crippen LogP contribution is -2.45. The van der Waals surface area contributed by atoms with Crippen molar-refractivity contribution in [2.24, 2.45) is 5.16 Å². The van der Waals surface area contributed by atoms with Crippen LogP contribution < -0.4 is 14.8 Å². The number of ether oxygens (including phenoxy) is 2. The van der Waals surface area contributed by atoms with Crippen LogP contribution in [0.4, 0.5) is 4.79 Å². The molecule has 1 fully saturated rings. The van der Waals surface area contributed by atoms with Crippen molar-refractivity contribution in [3.8, 4) is 17.2 Å². The van der Waals surface area contributed by atoms with Crippen molar-refractivity contribution >= 4 is 28.6 Å². The monoisotopic (exact) mass is 560 g/mol. The zero-order valence-corrected chi connectivity index (χ0v) is 23.8. The largest absolute Gasteiger partial charge is 0.507 e. The molecule has 9 heteroatoms. The van der Waals surface area contributed by atoms with Crippen molar-refractivity contribution in [2.75, 3.05) is 6.61 Å². The average Bonchev–Trinajstić information content (AvgIpc) is 3.26. The molecule has 2 aliphatic heterocycles. The molecule has 208 valence electrons. The van der Waals surface area contributed by atoms with Gasteiger partial charge >= 0.3 is 0 Å². The van der Waals surface area contributed by atoms with Gasteiger partial charge in [0.25, 0.3) is 5.24 Å². The zero-order valence-electron chi connectivity index (χ0n) is 22.9. The number of rotatable bonds is 8. The van der Waals surface area contributed by atoms with Crippen molar-refractivity contribution in [1.29, 1.82) is 0 Å². The van der Waals surface area contributed by atoms with Crippen LogP contribution in [0.1, 0.15) is 46.7 Å². The molecule has 0 bridgehead atoms. The lowest BCUT2D eigenvalue weighted by Gasteiger charge is -2.38. The van der Waals surface area contributed by atoms with Crippen LogP contribution in [0.5, 0.6) is 17.2 Å². The molecule has 2 amide bonds. The Kier molecular flexibility index (Phi) is 7.76. The van der Waals surface area contributed by atoms with E-state index in [2.05, 4.69) is 10.5 Å². The molecule has 3 aromatic carbocycles. The number of thioether (sulfide) groups is 1. The van der Waals surface area contributed by atoms with Crippen molar-refractivity contribution in [1.82, 2.24) is 5.32 Å².